The summed E-state index contributed by atoms with van der Waals surface area (Å²) in [5.41, 5.74) is 4.61. The number of aryl methyl sites for hydroxylation is 1. The third-order valence-corrected chi connectivity index (χ3v) is 6.52. The standard InChI is InChI=1S/C22H27N3O2/c26-14-6-5-13-24-19-10-4-2-8-17(19)23-20(24)15-25-18-9-3-1-7-16(18)22(11-12-22)21(25)27/h1,3,7,9,26H,2,4-6,8,10-15H2. The SMILES string of the molecule is O=C1N(Cc2nc3c(n2CCCCO)CCCC3)c2ccccc2C12CC2. The molecular weight excluding hydrogens is 338 g/mol. The fourth-order valence-electron chi connectivity index (χ4n) is 4.93. The van der Waals surface area contributed by atoms with E-state index in [0.717, 1.165) is 56.6 Å². The molecule has 5 rings (SSSR count). The van der Waals surface area contributed by atoms with Crippen LogP contribution in [0.2, 0.25) is 0 Å². The number of aliphatic hydroxyl groups is 1. The van der Waals surface area contributed by atoms with Gasteiger partial charge in [-0.1, -0.05) is 18.2 Å². The molecule has 1 N–H and O–H groups in total. The number of amides is 1. The molecule has 1 fully saturated rings. The maximum absolute atomic E-state index is 13.2. The van der Waals surface area contributed by atoms with E-state index in [2.05, 4.69) is 16.7 Å². The second-order valence-corrected chi connectivity index (χ2v) is 8.20. The molecule has 1 aliphatic heterocycles. The monoisotopic (exact) mass is 365 g/mol. The number of carbonyl (C=O) groups excluding carboxylic acids is 1. The first-order valence-electron chi connectivity index (χ1n) is 10.3. The first-order valence-corrected chi connectivity index (χ1v) is 10.3. The number of carbonyl (C=O) groups is 1. The summed E-state index contributed by atoms with van der Waals surface area (Å²) in [6.07, 6.45) is 8.24. The highest BCUT2D eigenvalue weighted by Gasteiger charge is 2.59. The van der Waals surface area contributed by atoms with Gasteiger partial charge in [0, 0.05) is 24.5 Å². The Morgan fingerprint density at radius 3 is 2.74 bits per heavy atom. The molecule has 2 aliphatic carbocycles. The largest absolute Gasteiger partial charge is 0.396 e. The molecule has 1 saturated carbocycles. The van der Waals surface area contributed by atoms with Crippen molar-refractivity contribution in [2.75, 3.05) is 11.5 Å². The minimum Gasteiger partial charge on any atom is -0.396 e. The number of para-hydroxylation sites is 1. The number of aliphatic hydroxyl groups excluding tert-OH is 1. The molecule has 0 radical (unpaired) electrons. The maximum Gasteiger partial charge on any atom is 0.238 e. The highest BCUT2D eigenvalue weighted by Crippen LogP contribution is 2.57. The Kier molecular flexibility index (Phi) is 4.08. The number of rotatable bonds is 6. The van der Waals surface area contributed by atoms with Gasteiger partial charge in [-0.25, -0.2) is 4.98 Å². The number of anilines is 1. The molecule has 0 atom stereocenters. The molecule has 5 nitrogen and oxygen atoms in total. The van der Waals surface area contributed by atoms with Gasteiger partial charge in [-0.05, 0) is 63.0 Å². The zero-order valence-electron chi connectivity index (χ0n) is 15.8. The number of aromatic nitrogens is 2. The van der Waals surface area contributed by atoms with Crippen LogP contribution < -0.4 is 4.90 Å². The van der Waals surface area contributed by atoms with Crippen LogP contribution in [-0.2, 0) is 36.1 Å². The summed E-state index contributed by atoms with van der Waals surface area (Å²) in [4.78, 5) is 20.2. The minimum absolute atomic E-state index is 0.229. The molecule has 5 heteroatoms. The Morgan fingerprint density at radius 2 is 1.93 bits per heavy atom. The fraction of sp³-hybridized carbons (Fsp3) is 0.545. The van der Waals surface area contributed by atoms with Crippen LogP contribution >= 0.6 is 0 Å². The summed E-state index contributed by atoms with van der Waals surface area (Å²) in [6, 6.07) is 8.28. The summed E-state index contributed by atoms with van der Waals surface area (Å²) < 4.78 is 2.35. The van der Waals surface area contributed by atoms with Crippen LogP contribution in [0.3, 0.4) is 0 Å². The summed E-state index contributed by atoms with van der Waals surface area (Å²) >= 11 is 0. The molecular formula is C22H27N3O2. The lowest BCUT2D eigenvalue weighted by atomic mass is 9.98. The Balaban J connectivity index is 1.49. The first-order chi connectivity index (χ1) is 13.2. The van der Waals surface area contributed by atoms with Gasteiger partial charge in [0.1, 0.15) is 5.82 Å². The molecule has 2 heterocycles. The number of nitrogens with zero attached hydrogens (tertiary/aromatic N) is 3. The average molecular weight is 365 g/mol. The normalized spacial score (nSPS) is 19.4. The topological polar surface area (TPSA) is 58.4 Å². The van der Waals surface area contributed by atoms with E-state index in [9.17, 15) is 4.79 Å². The number of fused-ring (bicyclic) bond motifs is 3. The third-order valence-electron chi connectivity index (χ3n) is 6.52. The summed E-state index contributed by atoms with van der Waals surface area (Å²) in [6.45, 7) is 1.67. The third kappa shape index (κ3) is 2.63. The Bertz CT molecular complexity index is 882. The Labute approximate surface area is 160 Å². The molecule has 1 amide bonds. The predicted octanol–water partition coefficient (Wildman–Crippen LogP) is 3.11. The second kappa shape index (κ2) is 6.48. The van der Waals surface area contributed by atoms with E-state index in [1.54, 1.807) is 0 Å². The van der Waals surface area contributed by atoms with E-state index in [-0.39, 0.29) is 17.9 Å². The molecule has 27 heavy (non-hydrogen) atoms. The zero-order chi connectivity index (χ0) is 18.4. The molecule has 1 aromatic heterocycles. The van der Waals surface area contributed by atoms with Crippen LogP contribution in [0.5, 0.6) is 0 Å². The van der Waals surface area contributed by atoms with Gasteiger partial charge < -0.3 is 14.6 Å². The van der Waals surface area contributed by atoms with Crippen molar-refractivity contribution in [3.63, 3.8) is 0 Å². The van der Waals surface area contributed by atoms with E-state index in [4.69, 9.17) is 10.1 Å². The number of hydrogen-bond donors (Lipinski definition) is 1. The van der Waals surface area contributed by atoms with Gasteiger partial charge in [-0.15, -0.1) is 0 Å². The summed E-state index contributed by atoms with van der Waals surface area (Å²) in [5.74, 6) is 1.27. The number of imidazole rings is 1. The van der Waals surface area contributed by atoms with Crippen LogP contribution in [0.4, 0.5) is 5.69 Å². The number of hydrogen-bond acceptors (Lipinski definition) is 3. The molecule has 1 aromatic carbocycles. The van der Waals surface area contributed by atoms with E-state index >= 15 is 0 Å². The fourth-order valence-corrected chi connectivity index (χ4v) is 4.93. The van der Waals surface area contributed by atoms with Crippen molar-refractivity contribution in [3.05, 3.63) is 47.0 Å². The van der Waals surface area contributed by atoms with Gasteiger partial charge in [-0.3, -0.25) is 4.79 Å². The van der Waals surface area contributed by atoms with E-state index in [1.807, 2.05) is 17.0 Å². The lowest BCUT2D eigenvalue weighted by molar-refractivity contribution is -0.120. The van der Waals surface area contributed by atoms with Crippen molar-refractivity contribution in [1.82, 2.24) is 9.55 Å². The van der Waals surface area contributed by atoms with Crippen molar-refractivity contribution >= 4 is 11.6 Å². The Morgan fingerprint density at radius 1 is 1.11 bits per heavy atom. The Hall–Kier alpha value is -2.14. The highest BCUT2D eigenvalue weighted by molar-refractivity contribution is 6.09. The van der Waals surface area contributed by atoms with Crippen LogP contribution in [0.25, 0.3) is 0 Å². The van der Waals surface area contributed by atoms with Crippen LogP contribution in [0.1, 0.15) is 61.3 Å². The molecule has 0 saturated heterocycles. The van der Waals surface area contributed by atoms with Crippen molar-refractivity contribution in [3.8, 4) is 0 Å². The predicted molar refractivity (Wildman–Crippen MR) is 104 cm³/mol. The van der Waals surface area contributed by atoms with Gasteiger partial charge in [-0.2, -0.15) is 0 Å². The van der Waals surface area contributed by atoms with Gasteiger partial charge in [0.15, 0.2) is 0 Å². The maximum atomic E-state index is 13.2. The summed E-state index contributed by atoms with van der Waals surface area (Å²) in [7, 11) is 0. The lowest BCUT2D eigenvalue weighted by Gasteiger charge is -2.20. The molecule has 2 aromatic rings. The number of unbranched alkanes of at least 4 members (excludes halogenated alkanes) is 1. The van der Waals surface area contributed by atoms with E-state index in [0.29, 0.717) is 6.54 Å². The van der Waals surface area contributed by atoms with Crippen molar-refractivity contribution in [2.45, 2.75) is 69.9 Å². The van der Waals surface area contributed by atoms with Gasteiger partial charge in [0.05, 0.1) is 17.7 Å². The van der Waals surface area contributed by atoms with Crippen LogP contribution in [0.15, 0.2) is 24.3 Å². The van der Waals surface area contributed by atoms with Crippen molar-refractivity contribution in [2.24, 2.45) is 0 Å². The van der Waals surface area contributed by atoms with Crippen LogP contribution in [0, 0.1) is 0 Å². The smallest absolute Gasteiger partial charge is 0.238 e. The lowest BCUT2D eigenvalue weighted by Crippen LogP contribution is -2.32. The molecule has 0 unspecified atom stereocenters. The first kappa shape index (κ1) is 17.0. The van der Waals surface area contributed by atoms with Crippen molar-refractivity contribution < 1.29 is 9.90 Å². The molecule has 3 aliphatic rings. The summed E-state index contributed by atoms with van der Waals surface area (Å²) in [5, 5.41) is 9.16. The van der Waals surface area contributed by atoms with Gasteiger partial charge in [0.25, 0.3) is 0 Å². The average Bonchev–Trinajstić information content (AvgIpc) is 3.39. The highest BCUT2D eigenvalue weighted by atomic mass is 16.3. The molecule has 1 spiro atoms. The second-order valence-electron chi connectivity index (χ2n) is 8.20. The quantitative estimate of drug-likeness (QED) is 0.800. The van der Waals surface area contributed by atoms with Crippen molar-refractivity contribution in [1.29, 1.82) is 0 Å². The molecule has 142 valence electrons. The van der Waals surface area contributed by atoms with Crippen LogP contribution in [-0.4, -0.2) is 27.2 Å². The van der Waals surface area contributed by atoms with E-state index < -0.39 is 0 Å². The zero-order valence-corrected chi connectivity index (χ0v) is 15.8. The minimum atomic E-state index is -0.246. The van der Waals surface area contributed by atoms with E-state index in [1.165, 1.54) is 29.8 Å². The number of benzene rings is 1. The molecule has 0 bridgehead atoms. The van der Waals surface area contributed by atoms with Gasteiger partial charge in [0.2, 0.25) is 5.91 Å². The van der Waals surface area contributed by atoms with Gasteiger partial charge >= 0.3 is 0 Å².